The van der Waals surface area contributed by atoms with E-state index in [1.54, 1.807) is 19.1 Å². The van der Waals surface area contributed by atoms with Crippen LogP contribution in [0.5, 0.6) is 0 Å². The lowest BCUT2D eigenvalue weighted by atomic mass is 10.1. The summed E-state index contributed by atoms with van der Waals surface area (Å²) in [5.41, 5.74) is 2.68. The molecule has 0 fully saturated rings. The highest BCUT2D eigenvalue weighted by atomic mass is 16.5. The maximum Gasteiger partial charge on any atom is 0.277 e. The van der Waals surface area contributed by atoms with Crippen molar-refractivity contribution < 1.29 is 9.32 Å². The number of nitrogens with one attached hydrogen (secondary N) is 1. The Labute approximate surface area is 134 Å². The molecule has 1 amide bonds. The first kappa shape index (κ1) is 14.6. The molecule has 112 valence electrons. The summed E-state index contributed by atoms with van der Waals surface area (Å²) in [6, 6.07) is 18.7. The van der Waals surface area contributed by atoms with Gasteiger partial charge in [-0.3, -0.25) is 4.79 Å². The minimum absolute atomic E-state index is 0.253. The van der Waals surface area contributed by atoms with Crippen LogP contribution in [0.2, 0.25) is 0 Å². The number of benzene rings is 2. The summed E-state index contributed by atoms with van der Waals surface area (Å²) in [6.45, 7) is 1.74. The monoisotopic (exact) mass is 302 g/mol. The molecular weight excluding hydrogens is 288 g/mol. The molecule has 2 aromatic carbocycles. The summed E-state index contributed by atoms with van der Waals surface area (Å²) in [5, 5.41) is 6.48. The van der Waals surface area contributed by atoms with Crippen LogP contribution in [0, 0.1) is 18.8 Å². The van der Waals surface area contributed by atoms with E-state index in [2.05, 4.69) is 22.3 Å². The quantitative estimate of drug-likeness (QED) is 0.735. The molecular formula is C19H14N2O2. The van der Waals surface area contributed by atoms with Gasteiger partial charge < -0.3 is 9.84 Å². The lowest BCUT2D eigenvalue weighted by Crippen LogP contribution is -2.12. The summed E-state index contributed by atoms with van der Waals surface area (Å²) >= 11 is 0. The van der Waals surface area contributed by atoms with E-state index in [9.17, 15) is 4.79 Å². The van der Waals surface area contributed by atoms with Crippen molar-refractivity contribution in [2.75, 3.05) is 5.32 Å². The first-order valence-electron chi connectivity index (χ1n) is 7.12. The summed E-state index contributed by atoms with van der Waals surface area (Å²) in [5.74, 6) is 6.45. The lowest BCUT2D eigenvalue weighted by molar-refractivity contribution is 0.101. The number of rotatable bonds is 2. The Kier molecular flexibility index (Phi) is 4.21. The van der Waals surface area contributed by atoms with Crippen LogP contribution in [0.15, 0.2) is 65.2 Å². The average Bonchev–Trinajstić information content (AvgIpc) is 3.01. The maximum atomic E-state index is 12.0. The van der Waals surface area contributed by atoms with Gasteiger partial charge in [-0.15, -0.1) is 0 Å². The van der Waals surface area contributed by atoms with E-state index in [0.717, 1.165) is 11.1 Å². The van der Waals surface area contributed by atoms with Gasteiger partial charge in [-0.2, -0.15) is 0 Å². The van der Waals surface area contributed by atoms with E-state index in [-0.39, 0.29) is 11.6 Å². The van der Waals surface area contributed by atoms with Crippen LogP contribution < -0.4 is 5.32 Å². The van der Waals surface area contributed by atoms with E-state index in [4.69, 9.17) is 4.52 Å². The minimum Gasteiger partial charge on any atom is -0.361 e. The summed E-state index contributed by atoms with van der Waals surface area (Å²) in [6.07, 6.45) is 0. The molecule has 0 bridgehead atoms. The largest absolute Gasteiger partial charge is 0.361 e. The first-order valence-corrected chi connectivity index (χ1v) is 7.12. The lowest BCUT2D eigenvalue weighted by Gasteiger charge is -2.02. The van der Waals surface area contributed by atoms with Gasteiger partial charge in [0.15, 0.2) is 5.69 Å². The fourth-order valence-corrected chi connectivity index (χ4v) is 2.01. The Bertz CT molecular complexity index is 886. The summed E-state index contributed by atoms with van der Waals surface area (Å²) < 4.78 is 4.90. The third-order valence-corrected chi connectivity index (χ3v) is 3.11. The molecule has 1 aromatic heterocycles. The van der Waals surface area contributed by atoms with Crippen molar-refractivity contribution in [3.63, 3.8) is 0 Å². The van der Waals surface area contributed by atoms with E-state index in [0.29, 0.717) is 11.4 Å². The van der Waals surface area contributed by atoms with Crippen LogP contribution >= 0.6 is 0 Å². The van der Waals surface area contributed by atoms with Crippen LogP contribution in [0.25, 0.3) is 0 Å². The molecule has 3 rings (SSSR count). The highest BCUT2D eigenvalue weighted by molar-refractivity contribution is 6.02. The molecule has 1 heterocycles. The SMILES string of the molecule is Cc1cc(C(=O)Nc2cccc(C#Cc3ccccc3)c2)no1. The van der Waals surface area contributed by atoms with E-state index in [1.165, 1.54) is 0 Å². The van der Waals surface area contributed by atoms with Crippen molar-refractivity contribution >= 4 is 11.6 Å². The Morgan fingerprint density at radius 1 is 1.00 bits per heavy atom. The molecule has 0 atom stereocenters. The Balaban J connectivity index is 1.75. The topological polar surface area (TPSA) is 55.1 Å². The van der Waals surface area contributed by atoms with Gasteiger partial charge in [0, 0.05) is 22.9 Å². The van der Waals surface area contributed by atoms with E-state index < -0.39 is 0 Å². The molecule has 0 spiro atoms. The van der Waals surface area contributed by atoms with Crippen molar-refractivity contribution in [1.82, 2.24) is 5.16 Å². The molecule has 0 saturated heterocycles. The fourth-order valence-electron chi connectivity index (χ4n) is 2.01. The standard InChI is InChI=1S/C19H14N2O2/c1-14-12-18(21-23-14)19(22)20-17-9-5-8-16(13-17)11-10-15-6-3-2-4-7-15/h2-9,12-13H,1H3,(H,20,22). The van der Waals surface area contributed by atoms with Crippen molar-refractivity contribution in [2.24, 2.45) is 0 Å². The zero-order chi connectivity index (χ0) is 16.1. The first-order chi connectivity index (χ1) is 11.2. The molecule has 0 unspecified atom stereocenters. The number of carbonyl (C=O) groups is 1. The molecule has 0 aliphatic carbocycles. The molecule has 0 saturated carbocycles. The van der Waals surface area contributed by atoms with Gasteiger partial charge in [0.2, 0.25) is 0 Å². The van der Waals surface area contributed by atoms with E-state index in [1.807, 2.05) is 48.5 Å². The third-order valence-electron chi connectivity index (χ3n) is 3.11. The van der Waals surface area contributed by atoms with Crippen LogP contribution in [0.1, 0.15) is 27.4 Å². The Morgan fingerprint density at radius 2 is 1.74 bits per heavy atom. The van der Waals surface area contributed by atoms with Gasteiger partial charge in [0.1, 0.15) is 5.76 Å². The molecule has 4 nitrogen and oxygen atoms in total. The third kappa shape index (κ3) is 3.86. The maximum absolute atomic E-state index is 12.0. The second-order valence-electron chi connectivity index (χ2n) is 4.97. The van der Waals surface area contributed by atoms with Crippen LogP contribution in [-0.4, -0.2) is 11.1 Å². The number of aryl methyl sites for hydroxylation is 1. The molecule has 0 aliphatic rings. The van der Waals surface area contributed by atoms with Crippen molar-refractivity contribution in [3.8, 4) is 11.8 Å². The van der Waals surface area contributed by atoms with Gasteiger partial charge in [-0.1, -0.05) is 41.3 Å². The molecule has 0 aliphatic heterocycles. The van der Waals surface area contributed by atoms with Crippen molar-refractivity contribution in [1.29, 1.82) is 0 Å². The molecule has 0 radical (unpaired) electrons. The van der Waals surface area contributed by atoms with Gasteiger partial charge >= 0.3 is 0 Å². The van der Waals surface area contributed by atoms with Crippen molar-refractivity contribution in [2.45, 2.75) is 6.92 Å². The molecule has 3 aromatic rings. The Morgan fingerprint density at radius 3 is 2.48 bits per heavy atom. The number of amides is 1. The molecule has 4 heteroatoms. The van der Waals surface area contributed by atoms with Gasteiger partial charge in [0.25, 0.3) is 5.91 Å². The smallest absolute Gasteiger partial charge is 0.277 e. The highest BCUT2D eigenvalue weighted by Gasteiger charge is 2.10. The number of aromatic nitrogens is 1. The number of hydrogen-bond donors (Lipinski definition) is 1. The normalized spacial score (nSPS) is 9.78. The number of nitrogens with zero attached hydrogens (tertiary/aromatic N) is 1. The highest BCUT2D eigenvalue weighted by Crippen LogP contribution is 2.12. The average molecular weight is 302 g/mol. The predicted octanol–water partition coefficient (Wildman–Crippen LogP) is 3.64. The van der Waals surface area contributed by atoms with Gasteiger partial charge in [0.05, 0.1) is 0 Å². The van der Waals surface area contributed by atoms with Gasteiger partial charge in [-0.05, 0) is 37.3 Å². The minimum atomic E-state index is -0.310. The fraction of sp³-hybridized carbons (Fsp3) is 0.0526. The predicted molar refractivity (Wildman–Crippen MR) is 88.1 cm³/mol. The second-order valence-corrected chi connectivity index (χ2v) is 4.97. The molecule has 23 heavy (non-hydrogen) atoms. The number of carbonyl (C=O) groups excluding carboxylic acids is 1. The van der Waals surface area contributed by atoms with Crippen LogP contribution in [-0.2, 0) is 0 Å². The van der Waals surface area contributed by atoms with Crippen LogP contribution in [0.3, 0.4) is 0 Å². The van der Waals surface area contributed by atoms with E-state index >= 15 is 0 Å². The zero-order valence-corrected chi connectivity index (χ0v) is 12.5. The second kappa shape index (κ2) is 6.63. The summed E-state index contributed by atoms with van der Waals surface area (Å²) in [7, 11) is 0. The zero-order valence-electron chi connectivity index (χ0n) is 12.5. The Hall–Kier alpha value is -3.32. The summed E-state index contributed by atoms with van der Waals surface area (Å²) in [4.78, 5) is 12.0. The van der Waals surface area contributed by atoms with Gasteiger partial charge in [-0.25, -0.2) is 0 Å². The number of anilines is 1. The number of hydrogen-bond acceptors (Lipinski definition) is 3. The molecule has 1 N–H and O–H groups in total. The van der Waals surface area contributed by atoms with Crippen LogP contribution in [0.4, 0.5) is 5.69 Å². The van der Waals surface area contributed by atoms with Crippen molar-refractivity contribution in [3.05, 3.63) is 83.2 Å².